The van der Waals surface area contributed by atoms with Crippen LogP contribution in [0, 0.1) is 5.82 Å². The summed E-state index contributed by atoms with van der Waals surface area (Å²) in [6, 6.07) is 3.48. The summed E-state index contributed by atoms with van der Waals surface area (Å²) in [6.45, 7) is 10.6. The summed E-state index contributed by atoms with van der Waals surface area (Å²) in [5.41, 5.74) is 0.932. The van der Waals surface area contributed by atoms with Gasteiger partial charge in [0.15, 0.2) is 0 Å². The summed E-state index contributed by atoms with van der Waals surface area (Å²) in [5, 5.41) is 3.50. The van der Waals surface area contributed by atoms with E-state index in [-0.39, 0.29) is 11.9 Å². The normalized spacial score (nSPS) is 12.9. The van der Waals surface area contributed by atoms with Gasteiger partial charge in [-0.2, -0.15) is 0 Å². The standard InChI is InChI=1S/C15H26FN3/c1-4-10-17-15(9-11-19(5-2)6-3)14-8-7-13(16)12-18-14/h7-8,12,15,17H,4-6,9-11H2,1-3H3. The van der Waals surface area contributed by atoms with Crippen LogP contribution in [-0.2, 0) is 0 Å². The van der Waals surface area contributed by atoms with Gasteiger partial charge in [0.2, 0.25) is 0 Å². The Kier molecular flexibility index (Phi) is 7.60. The molecule has 1 atom stereocenters. The lowest BCUT2D eigenvalue weighted by Crippen LogP contribution is -2.30. The highest BCUT2D eigenvalue weighted by molar-refractivity contribution is 5.10. The van der Waals surface area contributed by atoms with Crippen molar-refractivity contribution in [2.24, 2.45) is 0 Å². The Hall–Kier alpha value is -1.00. The first-order valence-corrected chi connectivity index (χ1v) is 7.28. The van der Waals surface area contributed by atoms with Gasteiger partial charge in [0, 0.05) is 0 Å². The fourth-order valence-electron chi connectivity index (χ4n) is 2.12. The highest BCUT2D eigenvalue weighted by atomic mass is 19.1. The monoisotopic (exact) mass is 267 g/mol. The zero-order valence-electron chi connectivity index (χ0n) is 12.3. The van der Waals surface area contributed by atoms with Crippen LogP contribution < -0.4 is 5.32 Å². The van der Waals surface area contributed by atoms with E-state index < -0.39 is 0 Å². The van der Waals surface area contributed by atoms with Crippen LogP contribution in [0.5, 0.6) is 0 Å². The second-order valence-corrected chi connectivity index (χ2v) is 4.72. The molecule has 1 N–H and O–H groups in total. The highest BCUT2D eigenvalue weighted by Crippen LogP contribution is 2.15. The van der Waals surface area contributed by atoms with Crippen LogP contribution in [0.25, 0.3) is 0 Å². The molecule has 0 bridgehead atoms. The molecule has 1 rings (SSSR count). The van der Waals surface area contributed by atoms with Gasteiger partial charge in [0.25, 0.3) is 0 Å². The number of halogens is 1. The third-order valence-corrected chi connectivity index (χ3v) is 3.38. The third kappa shape index (κ3) is 5.66. The van der Waals surface area contributed by atoms with Gasteiger partial charge >= 0.3 is 0 Å². The summed E-state index contributed by atoms with van der Waals surface area (Å²) in [6.07, 6.45) is 3.39. The van der Waals surface area contributed by atoms with Gasteiger partial charge in [-0.15, -0.1) is 0 Å². The number of hydrogen-bond acceptors (Lipinski definition) is 3. The molecule has 108 valence electrons. The van der Waals surface area contributed by atoms with E-state index in [2.05, 4.69) is 36.0 Å². The summed E-state index contributed by atoms with van der Waals surface area (Å²) in [7, 11) is 0. The molecule has 1 aromatic rings. The second-order valence-electron chi connectivity index (χ2n) is 4.72. The van der Waals surface area contributed by atoms with Gasteiger partial charge < -0.3 is 10.2 Å². The maximum absolute atomic E-state index is 12.9. The van der Waals surface area contributed by atoms with Crippen molar-refractivity contribution in [3.05, 3.63) is 29.8 Å². The first-order valence-electron chi connectivity index (χ1n) is 7.28. The summed E-state index contributed by atoms with van der Waals surface area (Å²) in [5.74, 6) is -0.276. The van der Waals surface area contributed by atoms with Crippen LogP contribution in [0.4, 0.5) is 4.39 Å². The van der Waals surface area contributed by atoms with Crippen molar-refractivity contribution in [2.45, 2.75) is 39.7 Å². The Balaban J connectivity index is 2.63. The van der Waals surface area contributed by atoms with E-state index in [4.69, 9.17) is 0 Å². The fraction of sp³-hybridized carbons (Fsp3) is 0.667. The largest absolute Gasteiger partial charge is 0.309 e. The van der Waals surface area contributed by atoms with Gasteiger partial charge in [-0.25, -0.2) is 4.39 Å². The van der Waals surface area contributed by atoms with Crippen molar-refractivity contribution in [3.8, 4) is 0 Å². The molecule has 1 unspecified atom stereocenters. The molecule has 0 fully saturated rings. The summed E-state index contributed by atoms with van der Waals surface area (Å²) < 4.78 is 12.9. The molecule has 0 aliphatic heterocycles. The highest BCUT2D eigenvalue weighted by Gasteiger charge is 2.13. The van der Waals surface area contributed by atoms with Gasteiger partial charge in [-0.1, -0.05) is 20.8 Å². The predicted molar refractivity (Wildman–Crippen MR) is 77.6 cm³/mol. The van der Waals surface area contributed by atoms with Crippen LogP contribution in [-0.4, -0.2) is 36.1 Å². The number of rotatable bonds is 9. The minimum atomic E-state index is -0.276. The molecule has 1 aromatic heterocycles. The van der Waals surface area contributed by atoms with Crippen LogP contribution in [0.1, 0.15) is 45.3 Å². The van der Waals surface area contributed by atoms with E-state index >= 15 is 0 Å². The average Bonchev–Trinajstić information content (AvgIpc) is 2.44. The summed E-state index contributed by atoms with van der Waals surface area (Å²) >= 11 is 0. The zero-order valence-corrected chi connectivity index (χ0v) is 12.3. The Bertz CT molecular complexity index is 336. The molecular formula is C15H26FN3. The number of hydrogen-bond donors (Lipinski definition) is 1. The molecule has 0 aliphatic rings. The van der Waals surface area contributed by atoms with Gasteiger partial charge in [-0.05, 0) is 51.2 Å². The number of pyridine rings is 1. The molecule has 0 radical (unpaired) electrons. The number of aromatic nitrogens is 1. The van der Waals surface area contributed by atoms with Crippen LogP contribution in [0.15, 0.2) is 18.3 Å². The third-order valence-electron chi connectivity index (χ3n) is 3.38. The van der Waals surface area contributed by atoms with E-state index in [0.29, 0.717) is 0 Å². The van der Waals surface area contributed by atoms with Crippen LogP contribution >= 0.6 is 0 Å². The molecule has 0 aromatic carbocycles. The van der Waals surface area contributed by atoms with E-state index in [1.54, 1.807) is 6.07 Å². The van der Waals surface area contributed by atoms with Gasteiger partial charge in [-0.3, -0.25) is 4.98 Å². The molecular weight excluding hydrogens is 241 g/mol. The van der Waals surface area contributed by atoms with E-state index in [9.17, 15) is 4.39 Å². The first-order chi connectivity index (χ1) is 9.21. The first kappa shape index (κ1) is 16.1. The molecule has 4 heteroatoms. The Labute approximate surface area is 116 Å². The molecule has 3 nitrogen and oxygen atoms in total. The Morgan fingerprint density at radius 1 is 1.26 bits per heavy atom. The Morgan fingerprint density at radius 3 is 2.53 bits per heavy atom. The van der Waals surface area contributed by atoms with Crippen LogP contribution in [0.3, 0.4) is 0 Å². The molecule has 1 heterocycles. The lowest BCUT2D eigenvalue weighted by atomic mass is 10.1. The number of nitrogens with one attached hydrogen (secondary N) is 1. The predicted octanol–water partition coefficient (Wildman–Crippen LogP) is 2.99. The van der Waals surface area contributed by atoms with E-state index in [0.717, 1.165) is 44.7 Å². The van der Waals surface area contributed by atoms with Crippen molar-refractivity contribution in [1.29, 1.82) is 0 Å². The maximum Gasteiger partial charge on any atom is 0.141 e. The quantitative estimate of drug-likeness (QED) is 0.745. The molecule has 19 heavy (non-hydrogen) atoms. The fourth-order valence-corrected chi connectivity index (χ4v) is 2.12. The van der Waals surface area contributed by atoms with Crippen molar-refractivity contribution in [2.75, 3.05) is 26.2 Å². The summed E-state index contributed by atoms with van der Waals surface area (Å²) in [4.78, 5) is 6.60. The molecule has 0 spiro atoms. The topological polar surface area (TPSA) is 28.2 Å². The average molecular weight is 267 g/mol. The number of nitrogens with zero attached hydrogens (tertiary/aromatic N) is 2. The van der Waals surface area contributed by atoms with E-state index in [1.807, 2.05) is 0 Å². The second kappa shape index (κ2) is 8.99. The lowest BCUT2D eigenvalue weighted by Gasteiger charge is -2.23. The lowest BCUT2D eigenvalue weighted by molar-refractivity contribution is 0.280. The molecule has 0 amide bonds. The molecule has 0 saturated carbocycles. The molecule has 0 aliphatic carbocycles. The van der Waals surface area contributed by atoms with Gasteiger partial charge in [0.1, 0.15) is 5.82 Å². The zero-order chi connectivity index (χ0) is 14.1. The minimum Gasteiger partial charge on any atom is -0.309 e. The van der Waals surface area contributed by atoms with Crippen molar-refractivity contribution in [3.63, 3.8) is 0 Å². The van der Waals surface area contributed by atoms with Gasteiger partial charge in [0.05, 0.1) is 17.9 Å². The van der Waals surface area contributed by atoms with Crippen LogP contribution in [0.2, 0.25) is 0 Å². The van der Waals surface area contributed by atoms with E-state index in [1.165, 1.54) is 12.3 Å². The SMILES string of the molecule is CCCNC(CCN(CC)CC)c1ccc(F)cn1. The van der Waals surface area contributed by atoms with Crippen molar-refractivity contribution >= 4 is 0 Å². The van der Waals surface area contributed by atoms with Crippen molar-refractivity contribution in [1.82, 2.24) is 15.2 Å². The Morgan fingerprint density at radius 2 is 2.00 bits per heavy atom. The minimum absolute atomic E-state index is 0.209. The molecule has 0 saturated heterocycles. The van der Waals surface area contributed by atoms with Crippen molar-refractivity contribution < 1.29 is 4.39 Å². The smallest absolute Gasteiger partial charge is 0.141 e. The maximum atomic E-state index is 12.9.